The molecule has 4 heterocycles. The highest BCUT2D eigenvalue weighted by atomic mass is 32.1. The van der Waals surface area contributed by atoms with Crippen molar-refractivity contribution >= 4 is 40.8 Å². The van der Waals surface area contributed by atoms with Crippen LogP contribution in [-0.4, -0.2) is 32.1 Å². The van der Waals surface area contributed by atoms with E-state index in [2.05, 4.69) is 19.9 Å². The van der Waals surface area contributed by atoms with Gasteiger partial charge in [0, 0.05) is 52.7 Å². The maximum absolute atomic E-state index is 13.6. The third kappa shape index (κ3) is 3.68. The zero-order chi connectivity index (χ0) is 25.0. The van der Waals surface area contributed by atoms with Crippen molar-refractivity contribution in [2.45, 2.75) is 13.3 Å². The first-order valence-corrected chi connectivity index (χ1v) is 12.3. The Morgan fingerprint density at radius 1 is 1.25 bits per heavy atom. The van der Waals surface area contributed by atoms with Crippen molar-refractivity contribution in [2.24, 2.45) is 12.0 Å². The zero-order valence-corrected chi connectivity index (χ0v) is 20.4. The minimum Gasteiger partial charge on any atom is -0.494 e. The van der Waals surface area contributed by atoms with Crippen molar-refractivity contribution in [3.05, 3.63) is 86.0 Å². The van der Waals surface area contributed by atoms with Gasteiger partial charge in [0.1, 0.15) is 5.82 Å². The highest BCUT2D eigenvalue weighted by Crippen LogP contribution is 2.31. The first kappa shape index (κ1) is 22.2. The van der Waals surface area contributed by atoms with E-state index in [1.807, 2.05) is 43.0 Å². The molecule has 4 aromatic rings. The van der Waals surface area contributed by atoms with Gasteiger partial charge >= 0.3 is 0 Å². The summed E-state index contributed by atoms with van der Waals surface area (Å²) in [6.07, 6.45) is 9.62. The van der Waals surface area contributed by atoms with E-state index in [-0.39, 0.29) is 24.0 Å². The Morgan fingerprint density at radius 2 is 2.06 bits per heavy atom. The lowest BCUT2D eigenvalue weighted by atomic mass is 10.1. The van der Waals surface area contributed by atoms with E-state index in [0.29, 0.717) is 17.5 Å². The second kappa shape index (κ2) is 8.46. The van der Waals surface area contributed by atoms with E-state index >= 15 is 0 Å². The number of nitrogens with one attached hydrogen (secondary N) is 1. The van der Waals surface area contributed by atoms with Gasteiger partial charge in [0.25, 0.3) is 5.91 Å². The molecule has 1 aliphatic heterocycles. The molecule has 0 radical (unpaired) electrons. The maximum atomic E-state index is 13.6. The Kier molecular flexibility index (Phi) is 5.22. The summed E-state index contributed by atoms with van der Waals surface area (Å²) in [5, 5.41) is 14.1. The zero-order valence-electron chi connectivity index (χ0n) is 19.6. The monoisotopic (exact) mass is 499 g/mol. The number of rotatable bonds is 3. The van der Waals surface area contributed by atoms with E-state index in [9.17, 15) is 14.3 Å². The predicted octanol–water partition coefficient (Wildman–Crippen LogP) is 2.74. The summed E-state index contributed by atoms with van der Waals surface area (Å²) in [4.78, 5) is 27.5. The molecule has 0 fully saturated rings. The van der Waals surface area contributed by atoms with Crippen LogP contribution in [0.4, 0.5) is 10.1 Å². The number of nitrogens with zero attached hydrogens (tertiary/aromatic N) is 4. The van der Waals surface area contributed by atoms with Crippen molar-refractivity contribution in [1.29, 1.82) is 0 Å². The molecular formula is C27H22FN5O2S. The topological polar surface area (TPSA) is 86.5 Å². The molecule has 1 amide bonds. The number of pyridine rings is 1. The molecule has 0 atom stereocenters. The van der Waals surface area contributed by atoms with Gasteiger partial charge in [0.15, 0.2) is 5.88 Å². The minimum absolute atomic E-state index is 0.0406. The van der Waals surface area contributed by atoms with E-state index in [4.69, 9.17) is 0 Å². The van der Waals surface area contributed by atoms with Crippen LogP contribution in [0.1, 0.15) is 15.4 Å². The second-order valence-corrected chi connectivity index (χ2v) is 10.1. The van der Waals surface area contributed by atoms with Crippen LogP contribution in [0, 0.1) is 12.7 Å². The van der Waals surface area contributed by atoms with Crippen LogP contribution in [0.15, 0.2) is 53.8 Å². The molecular weight excluding hydrogens is 477 g/mol. The highest BCUT2D eigenvalue weighted by Gasteiger charge is 2.25. The molecule has 0 saturated heterocycles. The minimum atomic E-state index is -0.300. The largest absolute Gasteiger partial charge is 0.494 e. The molecule has 0 bridgehead atoms. The van der Waals surface area contributed by atoms with Crippen molar-refractivity contribution in [2.75, 3.05) is 11.4 Å². The molecule has 180 valence electrons. The van der Waals surface area contributed by atoms with Gasteiger partial charge in [-0.1, -0.05) is 0 Å². The Morgan fingerprint density at radius 3 is 2.81 bits per heavy atom. The number of aromatic hydroxyl groups is 1. The molecule has 0 unspecified atom stereocenters. The molecule has 6 rings (SSSR count). The smallest absolute Gasteiger partial charge is 0.251 e. The number of hydrogen-bond donors (Lipinski definition) is 2. The summed E-state index contributed by atoms with van der Waals surface area (Å²) in [7, 11) is 1.90. The number of anilines is 1. The first-order chi connectivity index (χ1) is 17.4. The van der Waals surface area contributed by atoms with Crippen LogP contribution < -0.4 is 20.8 Å². The number of H-pyrrole nitrogens is 1. The maximum Gasteiger partial charge on any atom is 0.251 e. The lowest BCUT2D eigenvalue weighted by Gasteiger charge is -2.26. The van der Waals surface area contributed by atoms with E-state index in [0.717, 1.165) is 43.1 Å². The van der Waals surface area contributed by atoms with E-state index < -0.39 is 0 Å². The second-order valence-electron chi connectivity index (χ2n) is 8.75. The number of thiazole rings is 1. The fraction of sp³-hybridized carbons (Fsp3) is 0.148. The van der Waals surface area contributed by atoms with Gasteiger partial charge in [-0.2, -0.15) is 0 Å². The average molecular weight is 500 g/mol. The number of benzene rings is 1. The van der Waals surface area contributed by atoms with Crippen LogP contribution in [0.3, 0.4) is 0 Å². The van der Waals surface area contributed by atoms with E-state index in [1.165, 1.54) is 23.5 Å². The van der Waals surface area contributed by atoms with Crippen molar-refractivity contribution < 1.29 is 14.3 Å². The van der Waals surface area contributed by atoms with Gasteiger partial charge in [-0.3, -0.25) is 4.79 Å². The van der Waals surface area contributed by atoms with Gasteiger partial charge in [-0.15, -0.1) is 11.3 Å². The SMILES string of the molecule is Cc1ncc(CC(=O)N=c2ccn(C)c3c2C=CC2=c4c-3c(O)[nH]c4=CCN2c2ccc(F)cc2)s1. The molecule has 1 aromatic carbocycles. The summed E-state index contributed by atoms with van der Waals surface area (Å²) >= 11 is 1.48. The molecule has 2 N–H and O–H groups in total. The number of hydrogen-bond acceptors (Lipinski definition) is 5. The number of carbonyl (C=O) groups is 1. The fourth-order valence-electron chi connectivity index (χ4n) is 4.81. The first-order valence-electron chi connectivity index (χ1n) is 11.4. The van der Waals surface area contributed by atoms with Crippen LogP contribution in [-0.2, 0) is 18.3 Å². The van der Waals surface area contributed by atoms with Crippen LogP contribution in [0.5, 0.6) is 5.88 Å². The van der Waals surface area contributed by atoms with Gasteiger partial charge in [-0.25, -0.2) is 14.4 Å². The molecule has 9 heteroatoms. The van der Waals surface area contributed by atoms with Crippen LogP contribution >= 0.6 is 11.3 Å². The lowest BCUT2D eigenvalue weighted by molar-refractivity contribution is -0.117. The summed E-state index contributed by atoms with van der Waals surface area (Å²) < 4.78 is 15.5. The number of fused-ring (bicyclic) bond motifs is 2. The number of aromatic nitrogens is 3. The lowest BCUT2D eigenvalue weighted by Crippen LogP contribution is -2.39. The summed E-state index contributed by atoms with van der Waals surface area (Å²) in [6.45, 7) is 2.45. The summed E-state index contributed by atoms with van der Waals surface area (Å²) in [5.74, 6) is -0.522. The van der Waals surface area contributed by atoms with Gasteiger partial charge in [-0.05, 0) is 55.5 Å². The number of amides is 1. The molecule has 2 aliphatic rings. The number of aromatic amines is 1. The summed E-state index contributed by atoms with van der Waals surface area (Å²) in [6, 6.07) is 8.14. The van der Waals surface area contributed by atoms with Crippen LogP contribution in [0.2, 0.25) is 0 Å². The molecule has 0 saturated carbocycles. The quantitative estimate of drug-likeness (QED) is 0.454. The Balaban J connectivity index is 1.53. The normalized spacial score (nSPS) is 14.4. The Labute approximate surface area is 209 Å². The third-order valence-corrected chi connectivity index (χ3v) is 7.31. The summed E-state index contributed by atoms with van der Waals surface area (Å²) in [5.41, 5.74) is 3.80. The molecule has 36 heavy (non-hydrogen) atoms. The molecule has 7 nitrogen and oxygen atoms in total. The number of carbonyl (C=O) groups excluding carboxylic acids is 1. The van der Waals surface area contributed by atoms with Crippen molar-refractivity contribution in [1.82, 2.24) is 14.5 Å². The standard InChI is InChI=1S/C27H22FN5O2S/c1-15-29-14-18(36-15)13-23(34)30-20-9-11-32(2)26-19(20)7-8-22-24-21(31-27(35)25(24)26)10-12-33(22)17-5-3-16(28)4-6-17/h3-11,14,31,35H,12-13H2,1-2H3. The van der Waals surface area contributed by atoms with Crippen molar-refractivity contribution in [3.63, 3.8) is 0 Å². The molecule has 0 spiro atoms. The van der Waals surface area contributed by atoms with Gasteiger partial charge < -0.3 is 19.6 Å². The van der Waals surface area contributed by atoms with Gasteiger partial charge in [0.2, 0.25) is 0 Å². The Hall–Kier alpha value is -4.24. The van der Waals surface area contributed by atoms with Gasteiger partial charge in [0.05, 0.1) is 33.7 Å². The number of aryl methyl sites for hydroxylation is 2. The predicted molar refractivity (Wildman–Crippen MR) is 138 cm³/mol. The Bertz CT molecular complexity index is 1760. The molecule has 1 aliphatic carbocycles. The molecule has 3 aromatic heterocycles. The highest BCUT2D eigenvalue weighted by molar-refractivity contribution is 7.11. The third-order valence-electron chi connectivity index (χ3n) is 6.40. The fourth-order valence-corrected chi connectivity index (χ4v) is 5.60. The average Bonchev–Trinajstić information content (AvgIpc) is 3.34. The van der Waals surface area contributed by atoms with Crippen LogP contribution in [0.25, 0.3) is 29.1 Å². The van der Waals surface area contributed by atoms with E-state index in [1.54, 1.807) is 24.4 Å². The van der Waals surface area contributed by atoms with Crippen molar-refractivity contribution in [3.8, 4) is 17.1 Å². The number of halogens is 1.